The minimum absolute atomic E-state index is 0.108. The molecule has 0 aliphatic rings. The molecule has 4 rings (SSSR count). The Labute approximate surface area is 174 Å². The van der Waals surface area contributed by atoms with E-state index in [1.807, 2.05) is 36.5 Å². The summed E-state index contributed by atoms with van der Waals surface area (Å²) < 4.78 is 5.52. The Balaban J connectivity index is 1.72. The summed E-state index contributed by atoms with van der Waals surface area (Å²) in [5.41, 5.74) is 4.72. The number of nitrogens with one attached hydrogen (secondary N) is 1. The summed E-state index contributed by atoms with van der Waals surface area (Å²) in [4.78, 5) is 21.6. The SMILES string of the molecule is COc1ccccc1-c1c[nH]c2ncc(-c3cc(C(O)CON(C)C)ncn3)cc12. The van der Waals surface area contributed by atoms with E-state index in [1.165, 1.54) is 11.4 Å². The number of aromatic amines is 1. The van der Waals surface area contributed by atoms with E-state index in [2.05, 4.69) is 19.9 Å². The van der Waals surface area contributed by atoms with Crippen LogP contribution in [0.3, 0.4) is 0 Å². The first-order valence-corrected chi connectivity index (χ1v) is 9.48. The number of fused-ring (bicyclic) bond motifs is 1. The number of ether oxygens (including phenoxy) is 1. The number of rotatable bonds is 7. The highest BCUT2D eigenvalue weighted by Gasteiger charge is 2.15. The van der Waals surface area contributed by atoms with Crippen LogP contribution in [0.4, 0.5) is 0 Å². The molecule has 2 N–H and O–H groups in total. The van der Waals surface area contributed by atoms with Gasteiger partial charge in [-0.2, -0.15) is 5.06 Å². The maximum atomic E-state index is 10.4. The van der Waals surface area contributed by atoms with Crippen LogP contribution >= 0.6 is 0 Å². The van der Waals surface area contributed by atoms with Crippen molar-refractivity contribution in [3.8, 4) is 28.1 Å². The van der Waals surface area contributed by atoms with Gasteiger partial charge in [-0.1, -0.05) is 18.2 Å². The highest BCUT2D eigenvalue weighted by atomic mass is 16.7. The Morgan fingerprint density at radius 3 is 2.73 bits per heavy atom. The quantitative estimate of drug-likeness (QED) is 0.456. The lowest BCUT2D eigenvalue weighted by atomic mass is 10.0. The Morgan fingerprint density at radius 2 is 1.93 bits per heavy atom. The number of aromatic nitrogens is 4. The number of pyridine rings is 1. The number of aliphatic hydroxyl groups is 1. The average molecular weight is 405 g/mol. The maximum absolute atomic E-state index is 10.4. The maximum Gasteiger partial charge on any atom is 0.137 e. The van der Waals surface area contributed by atoms with Gasteiger partial charge in [0.05, 0.1) is 18.5 Å². The molecule has 0 saturated heterocycles. The van der Waals surface area contributed by atoms with Crippen LogP contribution in [0.5, 0.6) is 5.75 Å². The molecule has 154 valence electrons. The van der Waals surface area contributed by atoms with Crippen LogP contribution in [-0.2, 0) is 4.84 Å². The lowest BCUT2D eigenvalue weighted by molar-refractivity contribution is -0.146. The molecular weight excluding hydrogens is 382 g/mol. The molecule has 0 radical (unpaired) electrons. The molecule has 0 saturated carbocycles. The van der Waals surface area contributed by atoms with Crippen LogP contribution in [0.2, 0.25) is 0 Å². The van der Waals surface area contributed by atoms with Gasteiger partial charge in [0.1, 0.15) is 30.4 Å². The summed E-state index contributed by atoms with van der Waals surface area (Å²) in [6, 6.07) is 11.6. The third kappa shape index (κ3) is 4.02. The molecule has 3 aromatic heterocycles. The van der Waals surface area contributed by atoms with Gasteiger partial charge in [0.2, 0.25) is 0 Å². The van der Waals surface area contributed by atoms with E-state index in [0.717, 1.165) is 33.5 Å². The lowest BCUT2D eigenvalue weighted by Crippen LogP contribution is -2.18. The first-order valence-electron chi connectivity index (χ1n) is 9.48. The molecule has 0 amide bonds. The first-order chi connectivity index (χ1) is 14.6. The predicted molar refractivity (Wildman–Crippen MR) is 114 cm³/mol. The number of hydrogen-bond donors (Lipinski definition) is 2. The fourth-order valence-corrected chi connectivity index (χ4v) is 3.25. The summed E-state index contributed by atoms with van der Waals surface area (Å²) >= 11 is 0. The van der Waals surface area contributed by atoms with Crippen molar-refractivity contribution in [3.05, 3.63) is 60.8 Å². The molecule has 30 heavy (non-hydrogen) atoms. The zero-order valence-electron chi connectivity index (χ0n) is 17.0. The summed E-state index contributed by atoms with van der Waals surface area (Å²) in [6.45, 7) is 0.108. The topological polar surface area (TPSA) is 96.4 Å². The van der Waals surface area contributed by atoms with Crippen molar-refractivity contribution in [2.75, 3.05) is 27.8 Å². The Kier molecular flexibility index (Phi) is 5.71. The molecule has 0 aliphatic carbocycles. The third-order valence-electron chi connectivity index (χ3n) is 4.74. The molecule has 0 spiro atoms. The first kappa shape index (κ1) is 20.0. The molecule has 0 aliphatic heterocycles. The average Bonchev–Trinajstić information content (AvgIpc) is 3.20. The second-order valence-corrected chi connectivity index (χ2v) is 6.97. The second kappa shape index (κ2) is 8.58. The van der Waals surface area contributed by atoms with E-state index in [1.54, 1.807) is 33.5 Å². The van der Waals surface area contributed by atoms with Crippen LogP contribution < -0.4 is 4.74 Å². The minimum Gasteiger partial charge on any atom is -0.496 e. The molecule has 4 aromatic rings. The molecule has 1 aromatic carbocycles. The van der Waals surface area contributed by atoms with Crippen molar-refractivity contribution in [2.24, 2.45) is 0 Å². The van der Waals surface area contributed by atoms with Crippen LogP contribution in [0.15, 0.2) is 55.1 Å². The van der Waals surface area contributed by atoms with Gasteiger partial charge in [0.25, 0.3) is 0 Å². The van der Waals surface area contributed by atoms with Gasteiger partial charge in [-0.25, -0.2) is 15.0 Å². The van der Waals surface area contributed by atoms with Gasteiger partial charge in [0, 0.05) is 48.6 Å². The van der Waals surface area contributed by atoms with E-state index < -0.39 is 6.10 Å². The molecule has 0 bridgehead atoms. The summed E-state index contributed by atoms with van der Waals surface area (Å²) in [6.07, 6.45) is 4.25. The highest BCUT2D eigenvalue weighted by molar-refractivity contribution is 5.97. The molecule has 1 atom stereocenters. The number of hydrogen-bond acceptors (Lipinski definition) is 7. The van der Waals surface area contributed by atoms with Gasteiger partial charge >= 0.3 is 0 Å². The van der Waals surface area contributed by atoms with Crippen molar-refractivity contribution in [1.82, 2.24) is 25.0 Å². The number of aliphatic hydroxyl groups excluding tert-OH is 1. The van der Waals surface area contributed by atoms with Crippen LogP contribution in [-0.4, -0.2) is 57.9 Å². The van der Waals surface area contributed by atoms with E-state index in [4.69, 9.17) is 9.57 Å². The fraction of sp³-hybridized carbons (Fsp3) is 0.227. The van der Waals surface area contributed by atoms with E-state index in [9.17, 15) is 5.11 Å². The van der Waals surface area contributed by atoms with Gasteiger partial charge in [0.15, 0.2) is 0 Å². The summed E-state index contributed by atoms with van der Waals surface area (Å²) in [7, 11) is 5.18. The van der Waals surface area contributed by atoms with Crippen molar-refractivity contribution < 1.29 is 14.7 Å². The second-order valence-electron chi connectivity index (χ2n) is 6.97. The van der Waals surface area contributed by atoms with Gasteiger partial charge in [-0.15, -0.1) is 0 Å². The van der Waals surface area contributed by atoms with Crippen molar-refractivity contribution in [2.45, 2.75) is 6.10 Å². The Bertz CT molecular complexity index is 1160. The number of methoxy groups -OCH3 is 1. The Morgan fingerprint density at radius 1 is 1.10 bits per heavy atom. The van der Waals surface area contributed by atoms with Crippen molar-refractivity contribution in [3.63, 3.8) is 0 Å². The zero-order chi connectivity index (χ0) is 21.1. The fourth-order valence-electron chi connectivity index (χ4n) is 3.25. The summed E-state index contributed by atoms with van der Waals surface area (Å²) in [5, 5.41) is 12.8. The number of hydroxylamine groups is 2. The number of para-hydroxylation sites is 1. The molecule has 8 heteroatoms. The molecule has 8 nitrogen and oxygen atoms in total. The van der Waals surface area contributed by atoms with E-state index in [-0.39, 0.29) is 6.61 Å². The van der Waals surface area contributed by atoms with E-state index in [0.29, 0.717) is 11.4 Å². The minimum atomic E-state index is -0.859. The number of H-pyrrole nitrogens is 1. The van der Waals surface area contributed by atoms with Gasteiger partial charge in [-0.05, 0) is 18.2 Å². The van der Waals surface area contributed by atoms with Crippen molar-refractivity contribution in [1.29, 1.82) is 0 Å². The van der Waals surface area contributed by atoms with Gasteiger partial charge in [-0.3, -0.25) is 4.84 Å². The zero-order valence-corrected chi connectivity index (χ0v) is 17.0. The molecule has 3 heterocycles. The monoisotopic (exact) mass is 405 g/mol. The standard InChI is InChI=1S/C22H23N5O3/c1-27(2)30-12-20(28)19-9-18(25-13-26-19)14-8-16-17(11-24-22(16)23-10-14)15-6-4-5-7-21(15)29-3/h4-11,13,20,28H,12H2,1-3H3,(H,23,24). The number of nitrogens with zero attached hydrogens (tertiary/aromatic N) is 4. The molecule has 1 unspecified atom stereocenters. The third-order valence-corrected chi connectivity index (χ3v) is 4.74. The van der Waals surface area contributed by atoms with Gasteiger partial charge < -0.3 is 14.8 Å². The summed E-state index contributed by atoms with van der Waals surface area (Å²) in [5.74, 6) is 0.789. The largest absolute Gasteiger partial charge is 0.496 e. The van der Waals surface area contributed by atoms with Crippen molar-refractivity contribution >= 4 is 11.0 Å². The number of benzene rings is 1. The van der Waals surface area contributed by atoms with Crippen LogP contribution in [0.1, 0.15) is 11.8 Å². The predicted octanol–water partition coefficient (Wildman–Crippen LogP) is 3.22. The lowest BCUT2D eigenvalue weighted by Gasteiger charge is -2.14. The van der Waals surface area contributed by atoms with E-state index >= 15 is 0 Å². The van der Waals surface area contributed by atoms with Crippen LogP contribution in [0, 0.1) is 0 Å². The normalized spacial score (nSPS) is 12.4. The Hall–Kier alpha value is -3.33. The smallest absolute Gasteiger partial charge is 0.137 e. The molecular formula is C22H23N5O3. The molecule has 0 fully saturated rings. The highest BCUT2D eigenvalue weighted by Crippen LogP contribution is 2.35. The van der Waals surface area contributed by atoms with Crippen LogP contribution in [0.25, 0.3) is 33.4 Å².